The first kappa shape index (κ1) is 18.7. The second-order valence-corrected chi connectivity index (χ2v) is 6.78. The minimum absolute atomic E-state index is 0.0535. The fourth-order valence-corrected chi connectivity index (χ4v) is 2.98. The number of amides is 1. The Morgan fingerprint density at radius 1 is 0.920 bits per heavy atom. The highest BCUT2D eigenvalue weighted by Gasteiger charge is 2.40. The molecule has 0 saturated heterocycles. The summed E-state index contributed by atoms with van der Waals surface area (Å²) >= 11 is 0. The van der Waals surface area contributed by atoms with Crippen molar-refractivity contribution < 1.29 is 14.7 Å². The normalized spacial score (nSPS) is 13.7. The molecule has 132 valence electrons. The van der Waals surface area contributed by atoms with Gasteiger partial charge in [0.1, 0.15) is 5.41 Å². The van der Waals surface area contributed by atoms with Gasteiger partial charge in [0.2, 0.25) is 5.91 Å². The standard InChI is InChI=1S/C21H25NO3/c1-4-21(19(24)25,17-13-9-6-10-14-17)15-22-18(23)20(2,3)16-11-7-5-8-12-16/h5-14H,4,15H2,1-3H3,(H,22,23)(H,24,25). The minimum Gasteiger partial charge on any atom is -0.481 e. The van der Waals surface area contributed by atoms with Gasteiger partial charge in [0.05, 0.1) is 5.41 Å². The van der Waals surface area contributed by atoms with Crippen LogP contribution in [0.3, 0.4) is 0 Å². The maximum absolute atomic E-state index is 12.8. The van der Waals surface area contributed by atoms with Crippen LogP contribution in [-0.2, 0) is 20.4 Å². The molecule has 1 atom stereocenters. The number of carbonyl (C=O) groups is 2. The fraction of sp³-hybridized carbons (Fsp3) is 0.333. The first-order valence-corrected chi connectivity index (χ1v) is 8.47. The maximum Gasteiger partial charge on any atom is 0.315 e. The molecule has 1 amide bonds. The summed E-state index contributed by atoms with van der Waals surface area (Å²) < 4.78 is 0. The van der Waals surface area contributed by atoms with E-state index in [1.807, 2.05) is 69.3 Å². The van der Waals surface area contributed by atoms with Crippen molar-refractivity contribution in [2.75, 3.05) is 6.54 Å². The predicted molar refractivity (Wildman–Crippen MR) is 98.5 cm³/mol. The van der Waals surface area contributed by atoms with Gasteiger partial charge in [-0.15, -0.1) is 0 Å². The van der Waals surface area contributed by atoms with Crippen molar-refractivity contribution in [2.45, 2.75) is 38.0 Å². The van der Waals surface area contributed by atoms with Crippen LogP contribution < -0.4 is 5.32 Å². The molecule has 0 spiro atoms. The van der Waals surface area contributed by atoms with E-state index in [4.69, 9.17) is 0 Å². The first-order valence-electron chi connectivity index (χ1n) is 8.47. The predicted octanol–water partition coefficient (Wildman–Crippen LogP) is 3.51. The highest BCUT2D eigenvalue weighted by Crippen LogP contribution is 2.29. The Labute approximate surface area is 148 Å². The first-order chi connectivity index (χ1) is 11.8. The van der Waals surface area contributed by atoms with Gasteiger partial charge in [-0.2, -0.15) is 0 Å². The van der Waals surface area contributed by atoms with Gasteiger partial charge in [-0.3, -0.25) is 9.59 Å². The summed E-state index contributed by atoms with van der Waals surface area (Å²) in [4.78, 5) is 24.8. The Bertz CT molecular complexity index is 725. The van der Waals surface area contributed by atoms with E-state index in [9.17, 15) is 14.7 Å². The van der Waals surface area contributed by atoms with E-state index in [2.05, 4.69) is 5.32 Å². The molecule has 0 bridgehead atoms. The largest absolute Gasteiger partial charge is 0.481 e. The summed E-state index contributed by atoms with van der Waals surface area (Å²) in [6, 6.07) is 18.6. The number of hydrogen-bond acceptors (Lipinski definition) is 2. The molecule has 0 saturated carbocycles. The fourth-order valence-electron chi connectivity index (χ4n) is 2.98. The molecule has 2 rings (SSSR count). The number of carbonyl (C=O) groups excluding carboxylic acids is 1. The average molecular weight is 339 g/mol. The van der Waals surface area contributed by atoms with Crippen molar-refractivity contribution in [3.8, 4) is 0 Å². The van der Waals surface area contributed by atoms with Crippen LogP contribution in [0.1, 0.15) is 38.3 Å². The minimum atomic E-state index is -1.14. The topological polar surface area (TPSA) is 66.4 Å². The van der Waals surface area contributed by atoms with Crippen molar-refractivity contribution in [2.24, 2.45) is 0 Å². The van der Waals surface area contributed by atoms with Gasteiger partial charge in [0.15, 0.2) is 0 Å². The maximum atomic E-state index is 12.8. The zero-order valence-electron chi connectivity index (χ0n) is 15.0. The Hall–Kier alpha value is -2.62. The number of benzene rings is 2. The third-order valence-electron chi connectivity index (χ3n) is 4.95. The molecule has 0 radical (unpaired) electrons. The van der Waals surface area contributed by atoms with Crippen LogP contribution in [0.15, 0.2) is 60.7 Å². The summed E-state index contributed by atoms with van der Waals surface area (Å²) in [5, 5.41) is 12.7. The lowest BCUT2D eigenvalue weighted by Gasteiger charge is -2.31. The third-order valence-corrected chi connectivity index (χ3v) is 4.95. The van der Waals surface area contributed by atoms with Crippen LogP contribution in [0.2, 0.25) is 0 Å². The lowest BCUT2D eigenvalue weighted by Crippen LogP contribution is -2.50. The number of nitrogens with one attached hydrogen (secondary N) is 1. The molecule has 0 aliphatic heterocycles. The molecule has 25 heavy (non-hydrogen) atoms. The van der Waals surface area contributed by atoms with Gasteiger partial charge in [-0.1, -0.05) is 67.6 Å². The highest BCUT2D eigenvalue weighted by molar-refractivity contribution is 5.89. The summed E-state index contributed by atoms with van der Waals surface area (Å²) in [6.45, 7) is 5.57. The van der Waals surface area contributed by atoms with Crippen LogP contribution in [0.4, 0.5) is 0 Å². The molecule has 0 aliphatic rings. The quantitative estimate of drug-likeness (QED) is 0.811. The number of carboxylic acid groups (broad SMARTS) is 1. The lowest BCUT2D eigenvalue weighted by atomic mass is 9.77. The Morgan fingerprint density at radius 3 is 1.84 bits per heavy atom. The second-order valence-electron chi connectivity index (χ2n) is 6.78. The van der Waals surface area contributed by atoms with E-state index in [0.717, 1.165) is 5.56 Å². The van der Waals surface area contributed by atoms with E-state index >= 15 is 0 Å². The smallest absolute Gasteiger partial charge is 0.315 e. The van der Waals surface area contributed by atoms with Crippen molar-refractivity contribution in [3.05, 3.63) is 71.8 Å². The van der Waals surface area contributed by atoms with Crippen molar-refractivity contribution in [1.29, 1.82) is 0 Å². The zero-order valence-corrected chi connectivity index (χ0v) is 15.0. The highest BCUT2D eigenvalue weighted by atomic mass is 16.4. The average Bonchev–Trinajstić information content (AvgIpc) is 2.63. The molecule has 0 fully saturated rings. The number of hydrogen-bond donors (Lipinski definition) is 2. The van der Waals surface area contributed by atoms with E-state index in [0.29, 0.717) is 12.0 Å². The van der Waals surface area contributed by atoms with Crippen molar-refractivity contribution >= 4 is 11.9 Å². The van der Waals surface area contributed by atoms with Crippen LogP contribution >= 0.6 is 0 Å². The van der Waals surface area contributed by atoms with Gasteiger partial charge in [0, 0.05) is 6.54 Å². The van der Waals surface area contributed by atoms with Crippen molar-refractivity contribution in [1.82, 2.24) is 5.32 Å². The van der Waals surface area contributed by atoms with Gasteiger partial charge in [0.25, 0.3) is 0 Å². The molecular formula is C21H25NO3. The van der Waals surface area contributed by atoms with E-state index < -0.39 is 16.8 Å². The van der Waals surface area contributed by atoms with Crippen LogP contribution in [0, 0.1) is 0 Å². The van der Waals surface area contributed by atoms with Gasteiger partial charge in [-0.05, 0) is 31.4 Å². The van der Waals surface area contributed by atoms with Crippen LogP contribution in [-0.4, -0.2) is 23.5 Å². The molecule has 4 nitrogen and oxygen atoms in total. The van der Waals surface area contributed by atoms with Crippen molar-refractivity contribution in [3.63, 3.8) is 0 Å². The van der Waals surface area contributed by atoms with E-state index in [-0.39, 0.29) is 12.5 Å². The molecule has 1 unspecified atom stereocenters. The van der Waals surface area contributed by atoms with Gasteiger partial charge < -0.3 is 10.4 Å². The van der Waals surface area contributed by atoms with Crippen LogP contribution in [0.25, 0.3) is 0 Å². The molecular weight excluding hydrogens is 314 g/mol. The molecule has 4 heteroatoms. The molecule has 2 aromatic rings. The zero-order chi connectivity index (χ0) is 18.5. The Balaban J connectivity index is 2.24. The summed E-state index contributed by atoms with van der Waals surface area (Å²) in [5.41, 5.74) is -0.285. The number of aliphatic carboxylic acids is 1. The summed E-state index contributed by atoms with van der Waals surface area (Å²) in [5.74, 6) is -1.12. The van der Waals surface area contributed by atoms with Gasteiger partial charge in [-0.25, -0.2) is 0 Å². The second kappa shape index (κ2) is 7.51. The molecule has 0 heterocycles. The number of rotatable bonds is 7. The third kappa shape index (κ3) is 3.73. The summed E-state index contributed by atoms with van der Waals surface area (Å²) in [6.07, 6.45) is 0.387. The SMILES string of the molecule is CCC(CNC(=O)C(C)(C)c1ccccc1)(C(=O)O)c1ccccc1. The Morgan fingerprint density at radius 2 is 1.40 bits per heavy atom. The van der Waals surface area contributed by atoms with Gasteiger partial charge >= 0.3 is 5.97 Å². The van der Waals surface area contributed by atoms with Crippen LogP contribution in [0.5, 0.6) is 0 Å². The van der Waals surface area contributed by atoms with E-state index in [1.165, 1.54) is 0 Å². The van der Waals surface area contributed by atoms with E-state index in [1.54, 1.807) is 12.1 Å². The monoisotopic (exact) mass is 339 g/mol. The lowest BCUT2D eigenvalue weighted by molar-refractivity contribution is -0.144. The molecule has 2 N–H and O–H groups in total. The Kier molecular flexibility index (Phi) is 5.62. The summed E-state index contributed by atoms with van der Waals surface area (Å²) in [7, 11) is 0. The molecule has 2 aromatic carbocycles. The number of carboxylic acids is 1. The molecule has 0 aromatic heterocycles. The molecule has 0 aliphatic carbocycles.